The van der Waals surface area contributed by atoms with Gasteiger partial charge in [0, 0.05) is 0 Å². The van der Waals surface area contributed by atoms with E-state index in [0.717, 1.165) is 27.8 Å². The Hall–Kier alpha value is -1.55. The highest BCUT2D eigenvalue weighted by molar-refractivity contribution is 9.10. The molecule has 4 heteroatoms. The first-order valence-corrected chi connectivity index (χ1v) is 6.59. The van der Waals surface area contributed by atoms with Gasteiger partial charge in [-0.1, -0.05) is 25.1 Å². The van der Waals surface area contributed by atoms with Crippen LogP contribution in [-0.2, 0) is 6.42 Å². The summed E-state index contributed by atoms with van der Waals surface area (Å²) in [5.74, 6) is 1.37. The molecule has 2 N–H and O–H groups in total. The van der Waals surface area contributed by atoms with Gasteiger partial charge in [-0.15, -0.1) is 0 Å². The summed E-state index contributed by atoms with van der Waals surface area (Å²) in [6.07, 6.45) is 2.53. The second-order valence-electron chi connectivity index (χ2n) is 4.02. The smallest absolute Gasteiger partial charge is 0.234 e. The topological polar surface area (TPSA) is 48.1 Å². The Bertz CT molecular complexity index is 570. The van der Waals surface area contributed by atoms with Crippen molar-refractivity contribution in [3.63, 3.8) is 0 Å². The van der Waals surface area contributed by atoms with Gasteiger partial charge >= 0.3 is 0 Å². The van der Waals surface area contributed by atoms with Gasteiger partial charge in [-0.3, -0.25) is 0 Å². The van der Waals surface area contributed by atoms with E-state index in [0.29, 0.717) is 11.6 Å². The van der Waals surface area contributed by atoms with Crippen molar-refractivity contribution in [1.29, 1.82) is 0 Å². The fraction of sp³-hybridized carbons (Fsp3) is 0.214. The molecule has 1 aromatic carbocycles. The van der Waals surface area contributed by atoms with Gasteiger partial charge in [0.1, 0.15) is 5.75 Å². The van der Waals surface area contributed by atoms with E-state index in [1.165, 1.54) is 0 Å². The number of aryl methyl sites for hydroxylation is 1. The van der Waals surface area contributed by atoms with Crippen molar-refractivity contribution in [2.45, 2.75) is 20.3 Å². The fourth-order valence-electron chi connectivity index (χ4n) is 1.64. The molecule has 0 amide bonds. The molecule has 0 fully saturated rings. The van der Waals surface area contributed by atoms with Crippen LogP contribution in [0.25, 0.3) is 0 Å². The molecule has 0 spiro atoms. The lowest BCUT2D eigenvalue weighted by molar-refractivity contribution is 0.454. The molecular weight excluding hydrogens is 292 g/mol. The highest BCUT2D eigenvalue weighted by atomic mass is 79.9. The maximum absolute atomic E-state index is 5.85. The Morgan fingerprint density at radius 2 is 2.06 bits per heavy atom. The lowest BCUT2D eigenvalue weighted by Crippen LogP contribution is -1.97. The Morgan fingerprint density at radius 3 is 2.78 bits per heavy atom. The van der Waals surface area contributed by atoms with Crippen LogP contribution in [0.3, 0.4) is 0 Å². The number of hydrogen-bond acceptors (Lipinski definition) is 3. The van der Waals surface area contributed by atoms with Crippen LogP contribution in [0.2, 0.25) is 0 Å². The molecule has 0 atom stereocenters. The molecule has 0 radical (unpaired) electrons. The van der Waals surface area contributed by atoms with Gasteiger partial charge in [-0.25, -0.2) is 4.98 Å². The van der Waals surface area contributed by atoms with E-state index in [-0.39, 0.29) is 0 Å². The Labute approximate surface area is 115 Å². The van der Waals surface area contributed by atoms with Gasteiger partial charge in [0.15, 0.2) is 0 Å². The molecule has 0 bridgehead atoms. The van der Waals surface area contributed by atoms with Crippen LogP contribution in [0.1, 0.15) is 18.1 Å². The molecule has 0 saturated carbocycles. The summed E-state index contributed by atoms with van der Waals surface area (Å²) in [4.78, 5) is 4.22. The quantitative estimate of drug-likeness (QED) is 0.929. The first-order chi connectivity index (χ1) is 8.63. The molecule has 0 saturated heterocycles. The molecule has 94 valence electrons. The van der Waals surface area contributed by atoms with Crippen molar-refractivity contribution in [2.75, 3.05) is 5.73 Å². The van der Waals surface area contributed by atoms with Gasteiger partial charge in [0.25, 0.3) is 0 Å². The zero-order valence-corrected chi connectivity index (χ0v) is 12.0. The Balaban J connectivity index is 2.37. The van der Waals surface area contributed by atoms with Crippen LogP contribution in [0.5, 0.6) is 11.6 Å². The van der Waals surface area contributed by atoms with Crippen molar-refractivity contribution < 1.29 is 4.74 Å². The van der Waals surface area contributed by atoms with Crippen LogP contribution in [0, 0.1) is 6.92 Å². The number of halogens is 1. The molecule has 1 heterocycles. The molecule has 18 heavy (non-hydrogen) atoms. The number of hydrogen-bond donors (Lipinski definition) is 1. The minimum atomic E-state index is 0.544. The summed E-state index contributed by atoms with van der Waals surface area (Å²) in [7, 11) is 0. The van der Waals surface area contributed by atoms with Gasteiger partial charge in [-0.05, 0) is 46.5 Å². The highest BCUT2D eigenvalue weighted by Crippen LogP contribution is 2.33. The normalized spacial score (nSPS) is 10.4. The maximum Gasteiger partial charge on any atom is 0.234 e. The van der Waals surface area contributed by atoms with Crippen LogP contribution < -0.4 is 10.5 Å². The lowest BCUT2D eigenvalue weighted by atomic mass is 10.1. The SMILES string of the molecule is CCc1ccccc1Oc1ncc(N)c(C)c1Br. The monoisotopic (exact) mass is 306 g/mol. The summed E-state index contributed by atoms with van der Waals surface area (Å²) in [6, 6.07) is 7.95. The third kappa shape index (κ3) is 2.48. The average molecular weight is 307 g/mol. The summed E-state index contributed by atoms with van der Waals surface area (Å²) in [6.45, 7) is 4.03. The van der Waals surface area contributed by atoms with Crippen LogP contribution in [0.4, 0.5) is 5.69 Å². The molecular formula is C14H15BrN2O. The first kappa shape index (κ1) is 12.9. The van der Waals surface area contributed by atoms with E-state index in [2.05, 4.69) is 27.8 Å². The predicted octanol–water partition coefficient (Wildman–Crippen LogP) is 4.09. The fourth-order valence-corrected chi connectivity index (χ4v) is 2.05. The standard InChI is InChI=1S/C14H15BrN2O/c1-3-10-6-4-5-7-12(10)18-14-13(15)9(2)11(16)8-17-14/h4-8H,3,16H2,1-2H3. The Morgan fingerprint density at radius 1 is 1.33 bits per heavy atom. The molecule has 0 aliphatic carbocycles. The number of nitrogens with two attached hydrogens (primary N) is 1. The molecule has 0 unspecified atom stereocenters. The van der Waals surface area contributed by atoms with Crippen LogP contribution in [-0.4, -0.2) is 4.98 Å². The van der Waals surface area contributed by atoms with Crippen LogP contribution >= 0.6 is 15.9 Å². The second-order valence-corrected chi connectivity index (χ2v) is 4.81. The number of anilines is 1. The number of para-hydroxylation sites is 1. The number of benzene rings is 1. The zero-order chi connectivity index (χ0) is 13.1. The summed E-state index contributed by atoms with van der Waals surface area (Å²) in [5, 5.41) is 0. The highest BCUT2D eigenvalue weighted by Gasteiger charge is 2.11. The van der Waals surface area contributed by atoms with Gasteiger partial charge in [0.2, 0.25) is 5.88 Å². The van der Waals surface area contributed by atoms with Crippen molar-refractivity contribution in [3.8, 4) is 11.6 Å². The number of rotatable bonds is 3. The zero-order valence-electron chi connectivity index (χ0n) is 10.4. The minimum Gasteiger partial charge on any atom is -0.438 e. The molecule has 2 aromatic rings. The Kier molecular flexibility index (Phi) is 3.87. The van der Waals surface area contributed by atoms with E-state index in [1.54, 1.807) is 6.20 Å². The van der Waals surface area contributed by atoms with Crippen molar-refractivity contribution in [1.82, 2.24) is 4.98 Å². The van der Waals surface area contributed by atoms with Crippen molar-refractivity contribution in [3.05, 3.63) is 46.1 Å². The molecule has 2 rings (SSSR count). The second kappa shape index (κ2) is 5.40. The largest absolute Gasteiger partial charge is 0.438 e. The number of pyridine rings is 1. The molecule has 1 aromatic heterocycles. The van der Waals surface area contributed by atoms with E-state index in [9.17, 15) is 0 Å². The van der Waals surface area contributed by atoms with Gasteiger partial charge < -0.3 is 10.5 Å². The minimum absolute atomic E-state index is 0.544. The average Bonchev–Trinajstić information content (AvgIpc) is 2.40. The molecule has 0 aliphatic rings. The third-order valence-corrected chi connectivity index (χ3v) is 3.76. The maximum atomic E-state index is 5.85. The summed E-state index contributed by atoms with van der Waals surface area (Å²) < 4.78 is 6.65. The number of nitrogen functional groups attached to an aromatic ring is 1. The number of nitrogens with zero attached hydrogens (tertiary/aromatic N) is 1. The van der Waals surface area contributed by atoms with E-state index >= 15 is 0 Å². The van der Waals surface area contributed by atoms with Crippen molar-refractivity contribution >= 4 is 21.6 Å². The first-order valence-electron chi connectivity index (χ1n) is 5.79. The molecule has 3 nitrogen and oxygen atoms in total. The van der Waals surface area contributed by atoms with Gasteiger partial charge in [0.05, 0.1) is 16.4 Å². The summed E-state index contributed by atoms with van der Waals surface area (Å²) in [5.41, 5.74) is 8.53. The van der Waals surface area contributed by atoms with E-state index in [4.69, 9.17) is 10.5 Å². The molecule has 0 aliphatic heterocycles. The number of aromatic nitrogens is 1. The summed E-state index contributed by atoms with van der Waals surface area (Å²) >= 11 is 3.47. The third-order valence-electron chi connectivity index (χ3n) is 2.83. The van der Waals surface area contributed by atoms with Crippen LogP contribution in [0.15, 0.2) is 34.9 Å². The van der Waals surface area contributed by atoms with E-state index in [1.807, 2.05) is 31.2 Å². The van der Waals surface area contributed by atoms with Crippen molar-refractivity contribution in [2.24, 2.45) is 0 Å². The lowest BCUT2D eigenvalue weighted by Gasteiger charge is -2.12. The predicted molar refractivity (Wildman–Crippen MR) is 77.0 cm³/mol. The van der Waals surface area contributed by atoms with E-state index < -0.39 is 0 Å². The van der Waals surface area contributed by atoms with Gasteiger partial charge in [-0.2, -0.15) is 0 Å². The number of ether oxygens (including phenoxy) is 1.